The summed E-state index contributed by atoms with van der Waals surface area (Å²) in [5, 5.41) is 10.1. The van der Waals surface area contributed by atoms with Gasteiger partial charge in [-0.1, -0.05) is 42.1 Å². The SMILES string of the molecule is CCN(Cc1ccccc1)C(=O)CSc1nc2c(cc1C#N)CCCC2. The second kappa shape index (κ2) is 8.86. The zero-order valence-corrected chi connectivity index (χ0v) is 15.9. The van der Waals surface area contributed by atoms with Crippen LogP contribution >= 0.6 is 11.8 Å². The summed E-state index contributed by atoms with van der Waals surface area (Å²) in [5.74, 6) is 0.381. The van der Waals surface area contributed by atoms with E-state index in [1.807, 2.05) is 48.2 Å². The molecule has 1 amide bonds. The number of aryl methyl sites for hydroxylation is 2. The molecule has 2 aromatic rings. The molecule has 1 aliphatic rings. The minimum Gasteiger partial charge on any atom is -0.338 e. The monoisotopic (exact) mass is 365 g/mol. The Kier molecular flexibility index (Phi) is 6.30. The second-order valence-electron chi connectivity index (χ2n) is 6.45. The van der Waals surface area contributed by atoms with E-state index in [0.29, 0.717) is 29.4 Å². The molecule has 134 valence electrons. The molecular formula is C21H23N3OS. The van der Waals surface area contributed by atoms with Gasteiger partial charge >= 0.3 is 0 Å². The third kappa shape index (κ3) is 4.44. The quantitative estimate of drug-likeness (QED) is 0.727. The Hall–Kier alpha value is -2.32. The Morgan fingerprint density at radius 3 is 2.77 bits per heavy atom. The molecule has 0 unspecified atom stereocenters. The molecule has 3 rings (SSSR count). The van der Waals surface area contributed by atoms with Crippen molar-refractivity contribution >= 4 is 17.7 Å². The van der Waals surface area contributed by atoms with Crippen molar-refractivity contribution in [2.75, 3.05) is 12.3 Å². The van der Waals surface area contributed by atoms with Gasteiger partial charge in [0, 0.05) is 18.8 Å². The lowest BCUT2D eigenvalue weighted by atomic mass is 9.95. The highest BCUT2D eigenvalue weighted by atomic mass is 32.2. The fourth-order valence-corrected chi connectivity index (χ4v) is 4.08. The van der Waals surface area contributed by atoms with E-state index in [1.54, 1.807) is 0 Å². The Balaban J connectivity index is 1.67. The van der Waals surface area contributed by atoms with E-state index in [2.05, 4.69) is 6.07 Å². The molecule has 0 radical (unpaired) electrons. The first kappa shape index (κ1) is 18.5. The van der Waals surface area contributed by atoms with Gasteiger partial charge in [0.1, 0.15) is 11.1 Å². The van der Waals surface area contributed by atoms with E-state index < -0.39 is 0 Å². The van der Waals surface area contributed by atoms with Gasteiger partial charge in [0.25, 0.3) is 0 Å². The van der Waals surface area contributed by atoms with Crippen LogP contribution in [-0.2, 0) is 24.2 Å². The van der Waals surface area contributed by atoms with Gasteiger partial charge in [-0.15, -0.1) is 0 Å². The lowest BCUT2D eigenvalue weighted by Gasteiger charge is -2.21. The predicted molar refractivity (Wildman–Crippen MR) is 104 cm³/mol. The maximum atomic E-state index is 12.6. The van der Waals surface area contributed by atoms with E-state index in [-0.39, 0.29) is 5.91 Å². The van der Waals surface area contributed by atoms with Crippen LogP contribution in [0.2, 0.25) is 0 Å². The molecule has 0 saturated heterocycles. The van der Waals surface area contributed by atoms with Crippen LogP contribution < -0.4 is 0 Å². The van der Waals surface area contributed by atoms with Crippen LogP contribution in [0, 0.1) is 11.3 Å². The van der Waals surface area contributed by atoms with Gasteiger partial charge in [0.2, 0.25) is 5.91 Å². The highest BCUT2D eigenvalue weighted by molar-refractivity contribution is 7.99. The number of carbonyl (C=O) groups excluding carboxylic acids is 1. The Morgan fingerprint density at radius 1 is 1.27 bits per heavy atom. The van der Waals surface area contributed by atoms with Crippen LogP contribution in [0.15, 0.2) is 41.4 Å². The van der Waals surface area contributed by atoms with E-state index in [1.165, 1.54) is 17.3 Å². The number of pyridine rings is 1. The summed E-state index contributed by atoms with van der Waals surface area (Å²) >= 11 is 1.38. The number of aromatic nitrogens is 1. The highest BCUT2D eigenvalue weighted by Crippen LogP contribution is 2.27. The molecule has 0 spiro atoms. The van der Waals surface area contributed by atoms with Gasteiger partial charge in [0.15, 0.2) is 0 Å². The van der Waals surface area contributed by atoms with Crippen molar-refractivity contribution < 1.29 is 4.79 Å². The van der Waals surface area contributed by atoms with Crippen LogP contribution in [0.4, 0.5) is 0 Å². The minimum atomic E-state index is 0.0739. The van der Waals surface area contributed by atoms with Crippen LogP contribution in [-0.4, -0.2) is 28.1 Å². The second-order valence-corrected chi connectivity index (χ2v) is 7.41. The maximum absolute atomic E-state index is 12.6. The number of nitrogens with zero attached hydrogens (tertiary/aromatic N) is 3. The summed E-state index contributed by atoms with van der Waals surface area (Å²) in [5.41, 5.74) is 4.01. The van der Waals surface area contributed by atoms with Gasteiger partial charge in [-0.2, -0.15) is 5.26 Å². The third-order valence-electron chi connectivity index (χ3n) is 4.67. The molecule has 1 aromatic carbocycles. The number of carbonyl (C=O) groups is 1. The molecule has 0 atom stereocenters. The predicted octanol–water partition coefficient (Wildman–Crippen LogP) is 3.97. The number of rotatable bonds is 6. The number of benzene rings is 1. The van der Waals surface area contributed by atoms with Gasteiger partial charge in [0.05, 0.1) is 11.3 Å². The molecule has 26 heavy (non-hydrogen) atoms. The lowest BCUT2D eigenvalue weighted by Crippen LogP contribution is -2.31. The largest absolute Gasteiger partial charge is 0.338 e. The molecule has 0 N–H and O–H groups in total. The van der Waals surface area contributed by atoms with Crippen LogP contribution in [0.3, 0.4) is 0 Å². The number of hydrogen-bond acceptors (Lipinski definition) is 4. The molecule has 1 aliphatic carbocycles. The topological polar surface area (TPSA) is 57.0 Å². The average Bonchev–Trinajstić information content (AvgIpc) is 2.70. The zero-order valence-electron chi connectivity index (χ0n) is 15.1. The van der Waals surface area contributed by atoms with Gasteiger partial charge in [-0.25, -0.2) is 4.98 Å². The normalized spacial score (nSPS) is 12.9. The first-order chi connectivity index (χ1) is 12.7. The van der Waals surface area contributed by atoms with E-state index in [0.717, 1.165) is 36.9 Å². The standard InChI is InChI=1S/C21H23N3OS/c1-2-24(14-16-8-4-3-5-9-16)20(25)15-26-21-18(13-22)12-17-10-6-7-11-19(17)23-21/h3-5,8-9,12H,2,6-7,10-11,14-15H2,1H3. The Morgan fingerprint density at radius 2 is 2.04 bits per heavy atom. The maximum Gasteiger partial charge on any atom is 0.233 e. The summed E-state index contributed by atoms with van der Waals surface area (Å²) < 4.78 is 0. The molecule has 0 bridgehead atoms. The molecule has 0 saturated carbocycles. The molecule has 1 heterocycles. The summed E-state index contributed by atoms with van der Waals surface area (Å²) in [6, 6.07) is 14.2. The van der Waals surface area contributed by atoms with Gasteiger partial charge < -0.3 is 4.90 Å². The summed E-state index contributed by atoms with van der Waals surface area (Å²) in [4.78, 5) is 19.2. The first-order valence-electron chi connectivity index (χ1n) is 9.08. The number of hydrogen-bond donors (Lipinski definition) is 0. The summed E-state index contributed by atoms with van der Waals surface area (Å²) in [7, 11) is 0. The van der Waals surface area contributed by atoms with Crippen molar-refractivity contribution in [1.29, 1.82) is 5.26 Å². The fourth-order valence-electron chi connectivity index (χ4n) is 3.21. The molecule has 0 fully saturated rings. The van der Waals surface area contributed by atoms with Crippen molar-refractivity contribution in [2.24, 2.45) is 0 Å². The van der Waals surface area contributed by atoms with E-state index in [4.69, 9.17) is 4.98 Å². The van der Waals surface area contributed by atoms with Crippen molar-refractivity contribution in [3.63, 3.8) is 0 Å². The van der Waals surface area contributed by atoms with Crippen LogP contribution in [0.25, 0.3) is 0 Å². The van der Waals surface area contributed by atoms with Crippen LogP contribution in [0.5, 0.6) is 0 Å². The molecule has 4 nitrogen and oxygen atoms in total. The molecule has 0 aliphatic heterocycles. The Labute approximate surface area is 159 Å². The molecular weight excluding hydrogens is 342 g/mol. The van der Waals surface area contributed by atoms with E-state index in [9.17, 15) is 10.1 Å². The summed E-state index contributed by atoms with van der Waals surface area (Å²) in [6.45, 7) is 3.26. The van der Waals surface area contributed by atoms with Crippen LogP contribution in [0.1, 0.15) is 42.1 Å². The van der Waals surface area contributed by atoms with Gasteiger partial charge in [-0.05, 0) is 49.8 Å². The smallest absolute Gasteiger partial charge is 0.233 e. The summed E-state index contributed by atoms with van der Waals surface area (Å²) in [6.07, 6.45) is 4.28. The van der Waals surface area contributed by atoms with E-state index >= 15 is 0 Å². The minimum absolute atomic E-state index is 0.0739. The average molecular weight is 366 g/mol. The van der Waals surface area contributed by atoms with Crippen molar-refractivity contribution in [3.05, 3.63) is 58.8 Å². The van der Waals surface area contributed by atoms with Crippen molar-refractivity contribution in [1.82, 2.24) is 9.88 Å². The molecule has 5 heteroatoms. The highest BCUT2D eigenvalue weighted by Gasteiger charge is 2.18. The van der Waals surface area contributed by atoms with Crippen molar-refractivity contribution in [3.8, 4) is 6.07 Å². The lowest BCUT2D eigenvalue weighted by molar-refractivity contribution is -0.128. The Bertz CT molecular complexity index is 814. The number of amides is 1. The number of fused-ring (bicyclic) bond motifs is 1. The zero-order chi connectivity index (χ0) is 18.4. The number of thioether (sulfide) groups is 1. The fraction of sp³-hybridized carbons (Fsp3) is 0.381. The van der Waals surface area contributed by atoms with Crippen molar-refractivity contribution in [2.45, 2.75) is 44.2 Å². The molecule has 1 aromatic heterocycles. The first-order valence-corrected chi connectivity index (χ1v) is 10.1. The third-order valence-corrected chi connectivity index (χ3v) is 5.65. The number of nitriles is 1. The van der Waals surface area contributed by atoms with Gasteiger partial charge in [-0.3, -0.25) is 4.79 Å².